The zero-order chi connectivity index (χ0) is 15.1. The summed E-state index contributed by atoms with van der Waals surface area (Å²) in [4.78, 5) is 25.5. The summed E-state index contributed by atoms with van der Waals surface area (Å²) in [5, 5.41) is 9.96. The van der Waals surface area contributed by atoms with Gasteiger partial charge in [0.15, 0.2) is 6.10 Å². The SMILES string of the molecule is CCOC(=O)C(=[N+]=[N-])C(O)c1ccc(C(=O)OC)cc1. The molecular formula is C13H14N2O5. The van der Waals surface area contributed by atoms with E-state index in [-0.39, 0.29) is 12.2 Å². The Labute approximate surface area is 115 Å². The van der Waals surface area contributed by atoms with E-state index in [1.807, 2.05) is 0 Å². The third-order valence-electron chi connectivity index (χ3n) is 2.50. The Hall–Kier alpha value is -2.50. The lowest BCUT2D eigenvalue weighted by Gasteiger charge is -2.07. The highest BCUT2D eigenvalue weighted by Crippen LogP contribution is 2.16. The normalized spacial score (nSPS) is 11.2. The molecule has 20 heavy (non-hydrogen) atoms. The van der Waals surface area contributed by atoms with Gasteiger partial charge in [0.1, 0.15) is 0 Å². The molecule has 1 aromatic rings. The molecule has 1 N–H and O–H groups in total. The second-order valence-corrected chi connectivity index (χ2v) is 3.72. The van der Waals surface area contributed by atoms with Gasteiger partial charge < -0.3 is 20.1 Å². The molecule has 0 aliphatic heterocycles. The van der Waals surface area contributed by atoms with Crippen LogP contribution in [0.1, 0.15) is 28.9 Å². The minimum absolute atomic E-state index is 0.0891. The minimum Gasteiger partial charge on any atom is -0.465 e. The first-order chi connectivity index (χ1) is 9.54. The fraction of sp³-hybridized carbons (Fsp3) is 0.308. The quantitative estimate of drug-likeness (QED) is 0.370. The Morgan fingerprint density at radius 3 is 2.40 bits per heavy atom. The summed E-state index contributed by atoms with van der Waals surface area (Å²) in [6, 6.07) is 5.68. The Morgan fingerprint density at radius 2 is 1.95 bits per heavy atom. The maximum atomic E-state index is 11.5. The van der Waals surface area contributed by atoms with Crippen LogP contribution in [0.2, 0.25) is 0 Å². The van der Waals surface area contributed by atoms with Gasteiger partial charge in [-0.25, -0.2) is 9.59 Å². The van der Waals surface area contributed by atoms with Crippen molar-refractivity contribution < 1.29 is 29.0 Å². The van der Waals surface area contributed by atoms with Crippen molar-refractivity contribution in [3.05, 3.63) is 40.9 Å². The average Bonchev–Trinajstić information content (AvgIpc) is 2.47. The number of ether oxygens (including phenoxy) is 2. The van der Waals surface area contributed by atoms with E-state index in [4.69, 9.17) is 5.53 Å². The molecule has 1 rings (SSSR count). The van der Waals surface area contributed by atoms with E-state index in [1.165, 1.54) is 31.4 Å². The van der Waals surface area contributed by atoms with Crippen LogP contribution in [0.15, 0.2) is 24.3 Å². The standard InChI is InChI=1S/C13H14N2O5/c1-3-20-13(18)10(15-14)11(16)8-4-6-9(7-5-8)12(17)19-2/h4-7,11,16H,3H2,1-2H3. The summed E-state index contributed by atoms with van der Waals surface area (Å²) in [6.45, 7) is 1.68. The largest absolute Gasteiger partial charge is 0.465 e. The Morgan fingerprint density at radius 1 is 1.35 bits per heavy atom. The number of rotatable bonds is 5. The molecule has 0 saturated heterocycles. The number of aliphatic hydroxyl groups is 1. The first kappa shape index (κ1) is 15.6. The second kappa shape index (κ2) is 7.18. The van der Waals surface area contributed by atoms with E-state index in [0.29, 0.717) is 5.56 Å². The molecule has 106 valence electrons. The fourth-order valence-electron chi connectivity index (χ4n) is 1.49. The summed E-state index contributed by atoms with van der Waals surface area (Å²) >= 11 is 0. The van der Waals surface area contributed by atoms with Gasteiger partial charge in [-0.05, 0) is 24.6 Å². The van der Waals surface area contributed by atoms with Gasteiger partial charge in [-0.3, -0.25) is 0 Å². The molecule has 1 aromatic carbocycles. The van der Waals surface area contributed by atoms with Crippen molar-refractivity contribution in [2.75, 3.05) is 13.7 Å². The number of aliphatic hydroxyl groups excluding tert-OH is 1. The maximum absolute atomic E-state index is 11.5. The highest BCUT2D eigenvalue weighted by atomic mass is 16.5. The summed E-state index contributed by atoms with van der Waals surface area (Å²) in [7, 11) is 1.25. The van der Waals surface area contributed by atoms with Crippen LogP contribution in [-0.2, 0) is 14.3 Å². The molecule has 7 nitrogen and oxygen atoms in total. The summed E-state index contributed by atoms with van der Waals surface area (Å²) in [5.41, 5.74) is 8.83. The van der Waals surface area contributed by atoms with E-state index < -0.39 is 23.8 Å². The number of carbonyl (C=O) groups excluding carboxylic acids is 2. The lowest BCUT2D eigenvalue weighted by atomic mass is 10.0. The topological polar surface area (TPSA) is 109 Å². The number of hydrogen-bond acceptors (Lipinski definition) is 5. The van der Waals surface area contributed by atoms with Gasteiger partial charge in [0.25, 0.3) is 0 Å². The van der Waals surface area contributed by atoms with Crippen molar-refractivity contribution in [2.24, 2.45) is 0 Å². The molecule has 0 radical (unpaired) electrons. The third-order valence-corrected chi connectivity index (χ3v) is 2.50. The monoisotopic (exact) mass is 278 g/mol. The van der Waals surface area contributed by atoms with Crippen LogP contribution in [0.4, 0.5) is 0 Å². The van der Waals surface area contributed by atoms with Gasteiger partial charge in [-0.1, -0.05) is 12.1 Å². The second-order valence-electron chi connectivity index (χ2n) is 3.72. The smallest absolute Gasteiger partial charge is 0.420 e. The molecule has 0 spiro atoms. The van der Waals surface area contributed by atoms with E-state index in [1.54, 1.807) is 6.92 Å². The Balaban J connectivity index is 2.97. The van der Waals surface area contributed by atoms with Crippen LogP contribution in [-0.4, -0.2) is 41.3 Å². The zero-order valence-corrected chi connectivity index (χ0v) is 11.1. The molecule has 0 bridgehead atoms. The van der Waals surface area contributed by atoms with Crippen molar-refractivity contribution in [1.29, 1.82) is 0 Å². The van der Waals surface area contributed by atoms with E-state index in [2.05, 4.69) is 14.3 Å². The number of hydrogen-bond donors (Lipinski definition) is 1. The van der Waals surface area contributed by atoms with Gasteiger partial charge >= 0.3 is 17.7 Å². The Kier molecular flexibility index (Phi) is 5.58. The molecule has 0 aromatic heterocycles. The molecule has 1 unspecified atom stereocenters. The molecule has 1 atom stereocenters. The van der Waals surface area contributed by atoms with Crippen LogP contribution in [0.25, 0.3) is 5.53 Å². The zero-order valence-electron chi connectivity index (χ0n) is 11.1. The summed E-state index contributed by atoms with van der Waals surface area (Å²) in [6.07, 6.45) is -1.45. The molecule has 0 fully saturated rings. The van der Waals surface area contributed by atoms with Crippen molar-refractivity contribution in [1.82, 2.24) is 0 Å². The molecule has 0 aliphatic carbocycles. The number of benzene rings is 1. The predicted molar refractivity (Wildman–Crippen MR) is 68.0 cm³/mol. The van der Waals surface area contributed by atoms with E-state index in [0.717, 1.165) is 0 Å². The minimum atomic E-state index is -1.45. The summed E-state index contributed by atoms with van der Waals surface area (Å²) in [5.74, 6) is -1.44. The lowest BCUT2D eigenvalue weighted by molar-refractivity contribution is -0.141. The van der Waals surface area contributed by atoms with E-state index >= 15 is 0 Å². The van der Waals surface area contributed by atoms with Crippen LogP contribution in [0, 0.1) is 0 Å². The van der Waals surface area contributed by atoms with Crippen molar-refractivity contribution in [3.63, 3.8) is 0 Å². The van der Waals surface area contributed by atoms with Gasteiger partial charge in [0, 0.05) is 0 Å². The molecule has 0 amide bonds. The molecular weight excluding hydrogens is 264 g/mol. The number of methoxy groups -OCH3 is 1. The number of carbonyl (C=O) groups is 2. The van der Waals surface area contributed by atoms with Crippen LogP contribution in [0.3, 0.4) is 0 Å². The molecule has 0 aliphatic rings. The van der Waals surface area contributed by atoms with Crippen molar-refractivity contribution in [2.45, 2.75) is 13.0 Å². The highest BCUT2D eigenvalue weighted by molar-refractivity contribution is 6.35. The molecule has 0 saturated carbocycles. The first-order valence-electron chi connectivity index (χ1n) is 5.80. The van der Waals surface area contributed by atoms with Crippen molar-refractivity contribution >= 4 is 17.7 Å². The van der Waals surface area contributed by atoms with E-state index in [9.17, 15) is 14.7 Å². The van der Waals surface area contributed by atoms with Crippen LogP contribution in [0.5, 0.6) is 0 Å². The van der Waals surface area contributed by atoms with Crippen LogP contribution >= 0.6 is 0 Å². The number of esters is 2. The average molecular weight is 278 g/mol. The third kappa shape index (κ3) is 3.50. The number of nitrogens with zero attached hydrogens (tertiary/aromatic N) is 2. The van der Waals surface area contributed by atoms with Gasteiger partial charge in [-0.15, -0.1) is 0 Å². The summed E-state index contributed by atoms with van der Waals surface area (Å²) < 4.78 is 9.19. The van der Waals surface area contributed by atoms with Crippen LogP contribution < -0.4 is 0 Å². The maximum Gasteiger partial charge on any atom is 0.420 e. The van der Waals surface area contributed by atoms with Gasteiger partial charge in [-0.2, -0.15) is 4.79 Å². The van der Waals surface area contributed by atoms with Crippen molar-refractivity contribution in [3.8, 4) is 0 Å². The predicted octanol–water partition coefficient (Wildman–Crippen LogP) is 0.740. The lowest BCUT2D eigenvalue weighted by Crippen LogP contribution is -2.25. The Bertz CT molecular complexity index is 546. The highest BCUT2D eigenvalue weighted by Gasteiger charge is 2.32. The first-order valence-corrected chi connectivity index (χ1v) is 5.80. The van der Waals surface area contributed by atoms with Gasteiger partial charge in [0.05, 0.1) is 19.3 Å². The van der Waals surface area contributed by atoms with Gasteiger partial charge in [0.2, 0.25) is 0 Å². The fourth-order valence-corrected chi connectivity index (χ4v) is 1.49. The molecule has 0 heterocycles. The molecule has 7 heteroatoms.